The third-order valence-corrected chi connectivity index (χ3v) is 6.10. The molecule has 154 valence electrons. The Morgan fingerprint density at radius 1 is 1.13 bits per heavy atom. The largest absolute Gasteiger partial charge is 0.441 e. The molecule has 0 bridgehead atoms. The molecule has 4 rings (SSSR count). The van der Waals surface area contributed by atoms with E-state index in [-0.39, 0.29) is 16.4 Å². The molecular formula is C23H22N2O4S. The summed E-state index contributed by atoms with van der Waals surface area (Å²) in [7, 11) is 0. The number of rotatable bonds is 7. The Morgan fingerprint density at radius 3 is 2.53 bits per heavy atom. The molecule has 30 heavy (non-hydrogen) atoms. The summed E-state index contributed by atoms with van der Waals surface area (Å²) in [4.78, 5) is 27.6. The molecule has 2 atom stereocenters. The molecule has 3 aromatic rings. The van der Waals surface area contributed by atoms with Gasteiger partial charge in [0.2, 0.25) is 11.8 Å². The van der Waals surface area contributed by atoms with Crippen LogP contribution >= 0.6 is 11.8 Å². The smallest absolute Gasteiger partial charge is 0.286 e. The van der Waals surface area contributed by atoms with Crippen LogP contribution in [0.3, 0.4) is 0 Å². The van der Waals surface area contributed by atoms with Gasteiger partial charge in [-0.05, 0) is 49.4 Å². The Labute approximate surface area is 178 Å². The molecule has 1 aliphatic rings. The number of nitrogens with zero attached hydrogens (tertiary/aromatic N) is 1. The number of thioether (sulfide) groups is 1. The summed E-state index contributed by atoms with van der Waals surface area (Å²) in [6, 6.07) is 17.3. The Balaban J connectivity index is 1.35. The van der Waals surface area contributed by atoms with Crippen LogP contribution in [0.4, 0.5) is 4.79 Å². The quantitative estimate of drug-likeness (QED) is 0.593. The Bertz CT molecular complexity index is 1050. The zero-order valence-corrected chi connectivity index (χ0v) is 17.3. The first-order valence-corrected chi connectivity index (χ1v) is 10.7. The molecule has 2 N–H and O–H groups in total. The first-order valence-electron chi connectivity index (χ1n) is 9.79. The molecule has 2 aromatic carbocycles. The van der Waals surface area contributed by atoms with Crippen LogP contribution in [0.2, 0.25) is 0 Å². The lowest BCUT2D eigenvalue weighted by Crippen LogP contribution is -2.25. The van der Waals surface area contributed by atoms with Crippen molar-refractivity contribution in [1.82, 2.24) is 10.3 Å². The number of imide groups is 1. The summed E-state index contributed by atoms with van der Waals surface area (Å²) < 4.78 is 5.78. The second kappa shape index (κ2) is 8.85. The highest BCUT2D eigenvalue weighted by atomic mass is 32.2. The maximum Gasteiger partial charge on any atom is 0.286 e. The molecule has 0 radical (unpaired) electrons. The average molecular weight is 423 g/mol. The minimum Gasteiger partial charge on any atom is -0.441 e. The van der Waals surface area contributed by atoms with Crippen LogP contribution in [-0.2, 0) is 17.6 Å². The van der Waals surface area contributed by atoms with Gasteiger partial charge in [0.25, 0.3) is 5.24 Å². The highest BCUT2D eigenvalue weighted by molar-refractivity contribution is 8.15. The molecule has 1 aliphatic heterocycles. The van der Waals surface area contributed by atoms with E-state index in [1.54, 1.807) is 0 Å². The van der Waals surface area contributed by atoms with Crippen LogP contribution in [0.15, 0.2) is 59.0 Å². The number of aryl methyl sites for hydroxylation is 2. The zero-order chi connectivity index (χ0) is 21.1. The average Bonchev–Trinajstić information content (AvgIpc) is 3.28. The van der Waals surface area contributed by atoms with Gasteiger partial charge in [0.05, 0.1) is 17.0 Å². The molecule has 7 heteroatoms. The van der Waals surface area contributed by atoms with E-state index < -0.39 is 6.10 Å². The number of amides is 2. The van der Waals surface area contributed by atoms with Crippen molar-refractivity contribution in [2.24, 2.45) is 0 Å². The number of carbonyl (C=O) groups is 2. The lowest BCUT2D eigenvalue weighted by Gasteiger charge is -2.12. The SMILES string of the molecule is Cc1oc(-c2ccccc2)nc1CC[C@@H](O)c1ccc(CC2SC(=O)NC2=O)cc1. The van der Waals surface area contributed by atoms with Gasteiger partial charge in [0.15, 0.2) is 0 Å². The van der Waals surface area contributed by atoms with Crippen molar-refractivity contribution in [2.45, 2.75) is 37.5 Å². The maximum atomic E-state index is 11.7. The molecule has 1 aromatic heterocycles. The van der Waals surface area contributed by atoms with Crippen molar-refractivity contribution < 1.29 is 19.1 Å². The molecule has 1 saturated heterocycles. The highest BCUT2D eigenvalue weighted by Gasteiger charge is 2.31. The number of hydrogen-bond donors (Lipinski definition) is 2. The number of hydrogen-bond acceptors (Lipinski definition) is 6. The van der Waals surface area contributed by atoms with Gasteiger partial charge in [-0.3, -0.25) is 14.9 Å². The van der Waals surface area contributed by atoms with Crippen molar-refractivity contribution in [3.05, 3.63) is 77.2 Å². The number of benzene rings is 2. The summed E-state index contributed by atoms with van der Waals surface area (Å²) in [5.41, 5.74) is 3.54. The molecular weight excluding hydrogens is 400 g/mol. The number of aromatic nitrogens is 1. The van der Waals surface area contributed by atoms with Gasteiger partial charge in [-0.2, -0.15) is 0 Å². The molecule has 2 heterocycles. The van der Waals surface area contributed by atoms with Crippen LogP contribution in [0.1, 0.15) is 35.1 Å². The van der Waals surface area contributed by atoms with E-state index >= 15 is 0 Å². The lowest BCUT2D eigenvalue weighted by atomic mass is 10.0. The van der Waals surface area contributed by atoms with Crippen molar-refractivity contribution in [2.75, 3.05) is 0 Å². The van der Waals surface area contributed by atoms with Crippen LogP contribution in [0, 0.1) is 6.92 Å². The number of carbonyl (C=O) groups excluding carboxylic acids is 2. The number of nitrogens with one attached hydrogen (secondary N) is 1. The Kier molecular flexibility index (Phi) is 6.01. The molecule has 0 aliphatic carbocycles. The monoisotopic (exact) mass is 422 g/mol. The third kappa shape index (κ3) is 4.63. The summed E-state index contributed by atoms with van der Waals surface area (Å²) in [6.45, 7) is 1.89. The van der Waals surface area contributed by atoms with E-state index in [4.69, 9.17) is 4.42 Å². The first kappa shape index (κ1) is 20.4. The fourth-order valence-corrected chi connectivity index (χ4v) is 4.28. The van der Waals surface area contributed by atoms with Crippen LogP contribution in [0.5, 0.6) is 0 Å². The Hall–Kier alpha value is -2.90. The molecule has 0 spiro atoms. The molecule has 1 fully saturated rings. The Morgan fingerprint density at radius 2 is 1.87 bits per heavy atom. The number of aliphatic hydroxyl groups is 1. The predicted molar refractivity (Wildman–Crippen MR) is 115 cm³/mol. The molecule has 2 amide bonds. The van der Waals surface area contributed by atoms with Crippen molar-refractivity contribution in [3.63, 3.8) is 0 Å². The zero-order valence-electron chi connectivity index (χ0n) is 16.5. The predicted octanol–water partition coefficient (Wildman–Crippen LogP) is 4.21. The van der Waals surface area contributed by atoms with Gasteiger partial charge in [-0.25, -0.2) is 4.98 Å². The van der Waals surface area contributed by atoms with Crippen LogP contribution in [0.25, 0.3) is 11.5 Å². The maximum absolute atomic E-state index is 11.7. The van der Waals surface area contributed by atoms with E-state index in [1.807, 2.05) is 61.5 Å². The number of oxazole rings is 1. The fraction of sp³-hybridized carbons (Fsp3) is 0.261. The van der Waals surface area contributed by atoms with Crippen molar-refractivity contribution in [1.29, 1.82) is 0 Å². The lowest BCUT2D eigenvalue weighted by molar-refractivity contribution is -0.118. The summed E-state index contributed by atoms with van der Waals surface area (Å²) in [5, 5.41) is 12.2. The first-order chi connectivity index (χ1) is 14.5. The van der Waals surface area contributed by atoms with Crippen LogP contribution < -0.4 is 5.32 Å². The van der Waals surface area contributed by atoms with Gasteiger partial charge >= 0.3 is 0 Å². The second-order valence-electron chi connectivity index (χ2n) is 7.27. The van der Waals surface area contributed by atoms with Crippen molar-refractivity contribution in [3.8, 4) is 11.5 Å². The van der Waals surface area contributed by atoms with Gasteiger partial charge in [0, 0.05) is 5.56 Å². The second-order valence-corrected chi connectivity index (χ2v) is 8.45. The van der Waals surface area contributed by atoms with Gasteiger partial charge < -0.3 is 9.52 Å². The fourth-order valence-electron chi connectivity index (χ4n) is 3.42. The summed E-state index contributed by atoms with van der Waals surface area (Å²) >= 11 is 1.02. The van der Waals surface area contributed by atoms with E-state index in [0.29, 0.717) is 25.2 Å². The molecule has 1 unspecified atom stereocenters. The van der Waals surface area contributed by atoms with Crippen molar-refractivity contribution >= 4 is 22.9 Å². The standard InChI is InChI=1S/C23H22N2O4S/c1-14-18(24-22(29-14)17-5-3-2-4-6-17)11-12-19(26)16-9-7-15(8-10-16)13-20-21(27)25-23(28)30-20/h2-10,19-20,26H,11-13H2,1H3,(H,25,27,28)/t19-,20?/m1/s1. The van der Waals surface area contributed by atoms with E-state index in [1.165, 1.54) is 0 Å². The topological polar surface area (TPSA) is 92.4 Å². The van der Waals surface area contributed by atoms with E-state index in [0.717, 1.165) is 39.9 Å². The highest BCUT2D eigenvalue weighted by Crippen LogP contribution is 2.26. The third-order valence-electron chi connectivity index (χ3n) is 5.12. The van der Waals surface area contributed by atoms with E-state index in [9.17, 15) is 14.7 Å². The minimum absolute atomic E-state index is 0.244. The van der Waals surface area contributed by atoms with Gasteiger partial charge in [-0.15, -0.1) is 0 Å². The van der Waals surface area contributed by atoms with E-state index in [2.05, 4.69) is 10.3 Å². The minimum atomic E-state index is -0.624. The molecule has 0 saturated carbocycles. The summed E-state index contributed by atoms with van der Waals surface area (Å²) in [5.74, 6) is 1.11. The normalized spacial score (nSPS) is 17.2. The molecule has 6 nitrogen and oxygen atoms in total. The van der Waals surface area contributed by atoms with Crippen LogP contribution in [-0.4, -0.2) is 26.5 Å². The van der Waals surface area contributed by atoms with Gasteiger partial charge in [0.1, 0.15) is 5.76 Å². The van der Waals surface area contributed by atoms with Gasteiger partial charge in [-0.1, -0.05) is 54.2 Å². The summed E-state index contributed by atoms with van der Waals surface area (Å²) in [6.07, 6.45) is 0.989. The number of aliphatic hydroxyl groups excluding tert-OH is 1.